The van der Waals surface area contributed by atoms with E-state index in [0.717, 1.165) is 50.7 Å². The maximum Gasteiger partial charge on any atom is 0.302 e. The lowest BCUT2D eigenvalue weighted by Crippen LogP contribution is -2.59. The van der Waals surface area contributed by atoms with Crippen molar-refractivity contribution in [3.05, 3.63) is 23.8 Å². The number of aliphatic hydroxyl groups is 1. The largest absolute Gasteiger partial charge is 0.462 e. The summed E-state index contributed by atoms with van der Waals surface area (Å²) in [6.07, 6.45) is 12.9. The number of carbonyl (C=O) groups is 2. The Morgan fingerprint density at radius 3 is 2.76 bits per heavy atom. The Kier molecular flexibility index (Phi) is 5.39. The summed E-state index contributed by atoms with van der Waals surface area (Å²) >= 11 is 0. The van der Waals surface area contributed by atoms with Crippen molar-refractivity contribution in [1.82, 2.24) is 0 Å². The van der Waals surface area contributed by atoms with Gasteiger partial charge in [0.25, 0.3) is 0 Å². The quantitative estimate of drug-likeness (QED) is 0.503. The maximum absolute atomic E-state index is 13.3. The molecule has 3 fully saturated rings. The molecular weight excluding hydrogens is 418 g/mol. The summed E-state index contributed by atoms with van der Waals surface area (Å²) in [4.78, 5) is 30.9. The number of hydrogen-bond acceptors (Lipinski definition) is 6. The van der Waals surface area contributed by atoms with Crippen LogP contribution in [0.25, 0.3) is 0 Å². The average Bonchev–Trinajstić information content (AvgIpc) is 3.27. The number of carbonyl (C=O) groups excluding carboxylic acids is 2. The Morgan fingerprint density at radius 2 is 2.06 bits per heavy atom. The van der Waals surface area contributed by atoms with Gasteiger partial charge in [0.1, 0.15) is 12.7 Å². The molecule has 0 unspecified atom stereocenters. The molecule has 180 valence electrons. The van der Waals surface area contributed by atoms with Crippen LogP contribution in [0.3, 0.4) is 0 Å². The first-order valence-electron chi connectivity index (χ1n) is 12.6. The van der Waals surface area contributed by atoms with Crippen molar-refractivity contribution < 1.29 is 24.3 Å². The third-order valence-electron chi connectivity index (χ3n) is 10.2. The second-order valence-electron chi connectivity index (χ2n) is 11.4. The first kappa shape index (κ1) is 22.8. The number of fused-ring (bicyclic) bond motifs is 7. The number of nitrogens with zero attached hydrogens (tertiary/aromatic N) is 1. The molecule has 33 heavy (non-hydrogen) atoms. The molecule has 0 saturated heterocycles. The van der Waals surface area contributed by atoms with E-state index in [1.54, 1.807) is 0 Å². The highest BCUT2D eigenvalue weighted by molar-refractivity contribution is 6.05. The molecule has 1 N–H and O–H groups in total. The van der Waals surface area contributed by atoms with Gasteiger partial charge in [-0.25, -0.2) is 0 Å². The predicted molar refractivity (Wildman–Crippen MR) is 124 cm³/mol. The number of esters is 1. The molecule has 1 aliphatic heterocycles. The smallest absolute Gasteiger partial charge is 0.302 e. The molecule has 4 aliphatic carbocycles. The van der Waals surface area contributed by atoms with Crippen molar-refractivity contribution in [2.75, 3.05) is 6.61 Å². The first-order chi connectivity index (χ1) is 15.7. The van der Waals surface area contributed by atoms with Crippen molar-refractivity contribution in [2.45, 2.75) is 84.3 Å². The zero-order valence-electron chi connectivity index (χ0n) is 20.3. The van der Waals surface area contributed by atoms with Gasteiger partial charge >= 0.3 is 5.97 Å². The summed E-state index contributed by atoms with van der Waals surface area (Å²) < 4.78 is 5.57. The third kappa shape index (κ3) is 2.98. The zero-order valence-corrected chi connectivity index (χ0v) is 20.3. The minimum atomic E-state index is -1.05. The molecule has 0 bridgehead atoms. The molecule has 0 aromatic rings. The molecule has 1 heterocycles. The van der Waals surface area contributed by atoms with Gasteiger partial charge in [-0.05, 0) is 74.7 Å². The SMILES string of the molecule is C/C=C/C1=NO[C@]2(C(=O)CO)[C@H]1C[C@H]1[C@@H]3CC=C4C[C@@H](OC(C)=O)CC[C@]4(C)[C@H]3CC[C@@]12C. The van der Waals surface area contributed by atoms with Crippen LogP contribution in [0.1, 0.15) is 72.6 Å². The van der Waals surface area contributed by atoms with Crippen molar-refractivity contribution in [3.63, 3.8) is 0 Å². The van der Waals surface area contributed by atoms with Crippen molar-refractivity contribution in [3.8, 4) is 0 Å². The van der Waals surface area contributed by atoms with E-state index >= 15 is 0 Å². The fourth-order valence-corrected chi connectivity index (χ4v) is 8.68. The zero-order chi connectivity index (χ0) is 23.6. The topological polar surface area (TPSA) is 85.2 Å². The average molecular weight is 456 g/mol. The van der Waals surface area contributed by atoms with E-state index in [9.17, 15) is 14.7 Å². The Morgan fingerprint density at radius 1 is 1.27 bits per heavy atom. The van der Waals surface area contributed by atoms with E-state index in [4.69, 9.17) is 9.57 Å². The highest BCUT2D eigenvalue weighted by Gasteiger charge is 2.74. The third-order valence-corrected chi connectivity index (χ3v) is 10.2. The van der Waals surface area contributed by atoms with Crippen LogP contribution in [0.4, 0.5) is 0 Å². The fraction of sp³-hybridized carbons (Fsp3) is 0.741. The lowest BCUT2D eigenvalue weighted by molar-refractivity contribution is -0.178. The Labute approximate surface area is 196 Å². The van der Waals surface area contributed by atoms with Gasteiger partial charge in [-0.1, -0.05) is 36.7 Å². The molecule has 3 saturated carbocycles. The van der Waals surface area contributed by atoms with Crippen LogP contribution in [-0.2, 0) is 19.2 Å². The van der Waals surface area contributed by atoms with Crippen LogP contribution in [-0.4, -0.2) is 40.9 Å². The number of aliphatic hydroxyl groups excluding tert-OH is 1. The summed E-state index contributed by atoms with van der Waals surface area (Å²) in [7, 11) is 0. The molecule has 0 radical (unpaired) electrons. The number of ether oxygens (including phenoxy) is 1. The standard InChI is InChI=1S/C27H37NO5/c1-5-6-23-22-14-21-19-8-7-17-13-18(32-16(2)30)9-11-25(17,3)20(19)10-12-26(21,4)27(22,33-28-23)24(31)15-29/h5-7,18-22,29H,8-15H2,1-4H3/b6-5+/t18-,19+,20-,21-,22-,25-,26-,27-/m0/s1. The first-order valence-corrected chi connectivity index (χ1v) is 12.6. The lowest BCUT2D eigenvalue weighted by Gasteiger charge is -2.58. The van der Waals surface area contributed by atoms with Crippen molar-refractivity contribution in [1.29, 1.82) is 0 Å². The van der Waals surface area contributed by atoms with E-state index in [-0.39, 0.29) is 34.6 Å². The van der Waals surface area contributed by atoms with Crippen LogP contribution in [0, 0.1) is 34.5 Å². The Balaban J connectivity index is 1.49. The van der Waals surface area contributed by atoms with E-state index in [0.29, 0.717) is 17.8 Å². The minimum absolute atomic E-state index is 0.00323. The molecule has 0 spiro atoms. The van der Waals surface area contributed by atoms with Crippen LogP contribution < -0.4 is 0 Å². The summed E-state index contributed by atoms with van der Waals surface area (Å²) in [5.74, 6) is 0.859. The second kappa shape index (κ2) is 7.79. The van der Waals surface area contributed by atoms with E-state index in [2.05, 4.69) is 25.1 Å². The van der Waals surface area contributed by atoms with Crippen LogP contribution in [0.5, 0.6) is 0 Å². The second-order valence-corrected chi connectivity index (χ2v) is 11.4. The van der Waals surface area contributed by atoms with Gasteiger partial charge in [-0.3, -0.25) is 9.59 Å². The van der Waals surface area contributed by atoms with Crippen LogP contribution in [0.2, 0.25) is 0 Å². The lowest BCUT2D eigenvalue weighted by atomic mass is 9.46. The highest BCUT2D eigenvalue weighted by atomic mass is 16.7. The fourth-order valence-electron chi connectivity index (χ4n) is 8.68. The number of hydrogen-bond donors (Lipinski definition) is 1. The Hall–Kier alpha value is -1.95. The number of rotatable bonds is 4. The number of oxime groups is 1. The summed E-state index contributed by atoms with van der Waals surface area (Å²) in [6, 6.07) is 0. The summed E-state index contributed by atoms with van der Waals surface area (Å²) in [5, 5.41) is 14.3. The van der Waals surface area contributed by atoms with Gasteiger partial charge in [-0.2, -0.15) is 0 Å². The molecular formula is C27H37NO5. The summed E-state index contributed by atoms with van der Waals surface area (Å²) in [5.41, 5.74) is 1.02. The van der Waals surface area contributed by atoms with Gasteiger partial charge in [0, 0.05) is 18.8 Å². The van der Waals surface area contributed by atoms with Gasteiger partial charge < -0.3 is 14.7 Å². The number of Topliss-reactive ketones (excluding diaryl/α,β-unsaturated/α-hetero) is 1. The van der Waals surface area contributed by atoms with Crippen LogP contribution in [0.15, 0.2) is 29.0 Å². The van der Waals surface area contributed by atoms with Gasteiger partial charge in [-0.15, -0.1) is 0 Å². The van der Waals surface area contributed by atoms with Gasteiger partial charge in [0.05, 0.1) is 11.6 Å². The summed E-state index contributed by atoms with van der Waals surface area (Å²) in [6.45, 7) is 7.57. The molecule has 6 heteroatoms. The predicted octanol–water partition coefficient (Wildman–Crippen LogP) is 4.37. The normalized spacial score (nSPS) is 45.8. The molecule has 8 atom stereocenters. The minimum Gasteiger partial charge on any atom is -0.462 e. The van der Waals surface area contributed by atoms with Crippen molar-refractivity contribution >= 4 is 17.5 Å². The Bertz CT molecular complexity index is 952. The highest BCUT2D eigenvalue weighted by Crippen LogP contribution is 2.70. The van der Waals surface area contributed by atoms with E-state index in [1.807, 2.05) is 19.1 Å². The van der Waals surface area contributed by atoms with Crippen LogP contribution >= 0.6 is 0 Å². The monoisotopic (exact) mass is 455 g/mol. The maximum atomic E-state index is 13.3. The number of ketones is 1. The molecule has 5 rings (SSSR count). The molecule has 0 amide bonds. The molecule has 0 aromatic heterocycles. The molecule has 5 aliphatic rings. The number of allylic oxidation sites excluding steroid dienone is 3. The van der Waals surface area contributed by atoms with E-state index in [1.165, 1.54) is 12.5 Å². The van der Waals surface area contributed by atoms with E-state index < -0.39 is 12.2 Å². The molecule has 0 aromatic carbocycles. The molecule has 6 nitrogen and oxygen atoms in total. The van der Waals surface area contributed by atoms with Gasteiger partial charge in [0.2, 0.25) is 11.4 Å². The van der Waals surface area contributed by atoms with Gasteiger partial charge in [0.15, 0.2) is 0 Å². The van der Waals surface area contributed by atoms with Crippen molar-refractivity contribution in [2.24, 2.45) is 39.7 Å².